The Bertz CT molecular complexity index is 840. The molecule has 3 rings (SSSR count). The van der Waals surface area contributed by atoms with Crippen LogP contribution in [0.5, 0.6) is 5.75 Å². The van der Waals surface area contributed by atoms with Crippen LogP contribution in [0.1, 0.15) is 25.3 Å². The van der Waals surface area contributed by atoms with Gasteiger partial charge in [-0.15, -0.1) is 0 Å². The molecule has 1 heterocycles. The van der Waals surface area contributed by atoms with Gasteiger partial charge in [-0.25, -0.2) is 4.79 Å². The van der Waals surface area contributed by atoms with E-state index in [1.807, 2.05) is 48.5 Å². The van der Waals surface area contributed by atoms with Crippen LogP contribution in [-0.2, 0) is 20.7 Å². The lowest BCUT2D eigenvalue weighted by Crippen LogP contribution is -2.51. The molecule has 1 saturated heterocycles. The number of aliphatic carboxylic acids is 1. The lowest BCUT2D eigenvalue weighted by molar-refractivity contribution is -0.147. The van der Waals surface area contributed by atoms with Gasteiger partial charge in [0, 0.05) is 18.6 Å². The summed E-state index contributed by atoms with van der Waals surface area (Å²) in [5.74, 6) is -0.664. The molecule has 1 aliphatic rings. The molecule has 28 heavy (non-hydrogen) atoms. The third-order valence-electron chi connectivity index (χ3n) is 5.11. The molecule has 2 atom stereocenters. The van der Waals surface area contributed by atoms with Crippen LogP contribution < -0.4 is 10.1 Å². The van der Waals surface area contributed by atoms with Crippen LogP contribution in [-0.4, -0.2) is 42.3 Å². The van der Waals surface area contributed by atoms with Gasteiger partial charge in [0.1, 0.15) is 17.4 Å². The van der Waals surface area contributed by atoms with E-state index in [9.17, 15) is 14.7 Å². The second-order valence-electron chi connectivity index (χ2n) is 7.15. The van der Waals surface area contributed by atoms with E-state index in [4.69, 9.17) is 9.47 Å². The zero-order valence-corrected chi connectivity index (χ0v) is 16.1. The predicted octanol–water partition coefficient (Wildman–Crippen LogP) is 3.04. The number of carbonyl (C=O) groups excluding carboxylic acids is 1. The Balaban J connectivity index is 1.72. The van der Waals surface area contributed by atoms with Gasteiger partial charge < -0.3 is 19.9 Å². The number of amides is 1. The Morgan fingerprint density at radius 3 is 2.54 bits per heavy atom. The summed E-state index contributed by atoms with van der Waals surface area (Å²) in [6.07, 6.45) is 1.59. The van der Waals surface area contributed by atoms with E-state index in [0.29, 0.717) is 13.0 Å². The number of hydrogen-bond acceptors (Lipinski definition) is 4. The normalized spacial score (nSPS) is 19.8. The SMILES string of the molecule is COc1ccccc1-c1ccc(C[C@H](NC(=O)[C@@]2(C)CCCO2)C(=O)O)cc1. The van der Waals surface area contributed by atoms with Gasteiger partial charge in [-0.1, -0.05) is 42.5 Å². The van der Waals surface area contributed by atoms with Crippen LogP contribution in [0.4, 0.5) is 0 Å². The van der Waals surface area contributed by atoms with E-state index < -0.39 is 17.6 Å². The van der Waals surface area contributed by atoms with Crippen molar-refractivity contribution in [1.82, 2.24) is 5.32 Å². The maximum absolute atomic E-state index is 12.5. The molecule has 2 aromatic carbocycles. The largest absolute Gasteiger partial charge is 0.496 e. The summed E-state index contributed by atoms with van der Waals surface area (Å²) in [5, 5.41) is 12.2. The number of hydrogen-bond donors (Lipinski definition) is 2. The van der Waals surface area contributed by atoms with Gasteiger partial charge in [0.05, 0.1) is 7.11 Å². The van der Waals surface area contributed by atoms with Crippen molar-refractivity contribution >= 4 is 11.9 Å². The van der Waals surface area contributed by atoms with Gasteiger partial charge in [-0.05, 0) is 37.0 Å². The van der Waals surface area contributed by atoms with Gasteiger partial charge in [-0.3, -0.25) is 4.79 Å². The van der Waals surface area contributed by atoms with Crippen LogP contribution in [0.3, 0.4) is 0 Å². The second-order valence-corrected chi connectivity index (χ2v) is 7.15. The van der Waals surface area contributed by atoms with Gasteiger partial charge in [0.25, 0.3) is 5.91 Å². The standard InChI is InChI=1S/C22H25NO5/c1-22(12-5-13-28-22)21(26)23-18(20(24)25)14-15-8-10-16(11-9-15)17-6-3-4-7-19(17)27-2/h3-4,6-11,18H,5,12-14H2,1-2H3,(H,23,26)(H,24,25)/t18-,22+/m0/s1. The summed E-state index contributed by atoms with van der Waals surface area (Å²) < 4.78 is 10.9. The van der Waals surface area contributed by atoms with E-state index in [1.54, 1.807) is 14.0 Å². The molecule has 148 valence electrons. The number of ether oxygens (including phenoxy) is 2. The minimum atomic E-state index is -1.07. The number of para-hydroxylation sites is 1. The third kappa shape index (κ3) is 4.34. The van der Waals surface area contributed by atoms with Crippen LogP contribution in [0.25, 0.3) is 11.1 Å². The average molecular weight is 383 g/mol. The van der Waals surface area contributed by atoms with Crippen LogP contribution >= 0.6 is 0 Å². The number of rotatable bonds is 7. The highest BCUT2D eigenvalue weighted by Crippen LogP contribution is 2.30. The monoisotopic (exact) mass is 383 g/mol. The zero-order valence-electron chi connectivity index (χ0n) is 16.1. The van der Waals surface area contributed by atoms with Crippen molar-refractivity contribution in [2.75, 3.05) is 13.7 Å². The Kier molecular flexibility index (Phi) is 5.99. The summed E-state index contributed by atoms with van der Waals surface area (Å²) in [6.45, 7) is 2.22. The van der Waals surface area contributed by atoms with Gasteiger partial charge in [0.15, 0.2) is 0 Å². The van der Waals surface area contributed by atoms with Gasteiger partial charge >= 0.3 is 5.97 Å². The number of carboxylic acids is 1. The Morgan fingerprint density at radius 1 is 1.21 bits per heavy atom. The Morgan fingerprint density at radius 2 is 1.93 bits per heavy atom. The quantitative estimate of drug-likeness (QED) is 0.768. The molecule has 0 saturated carbocycles. The van der Waals surface area contributed by atoms with E-state index in [1.165, 1.54) is 0 Å². The van der Waals surface area contributed by atoms with Gasteiger partial charge in [0.2, 0.25) is 0 Å². The molecular formula is C22H25NO5. The second kappa shape index (κ2) is 8.44. The molecule has 0 aliphatic carbocycles. The van der Waals surface area contributed by atoms with Crippen LogP contribution in [0, 0.1) is 0 Å². The zero-order chi connectivity index (χ0) is 20.1. The molecule has 0 radical (unpaired) electrons. The predicted molar refractivity (Wildman–Crippen MR) is 105 cm³/mol. The molecule has 6 heteroatoms. The van der Waals surface area contributed by atoms with Crippen molar-refractivity contribution in [2.45, 2.75) is 37.8 Å². The maximum Gasteiger partial charge on any atom is 0.326 e. The Labute approximate surface area is 164 Å². The first kappa shape index (κ1) is 19.9. The van der Waals surface area contributed by atoms with E-state index in [2.05, 4.69) is 5.32 Å². The molecule has 2 N–H and O–H groups in total. The van der Waals surface area contributed by atoms with Crippen molar-refractivity contribution in [3.63, 3.8) is 0 Å². The molecule has 0 aromatic heterocycles. The lowest BCUT2D eigenvalue weighted by Gasteiger charge is -2.24. The highest BCUT2D eigenvalue weighted by atomic mass is 16.5. The van der Waals surface area contributed by atoms with E-state index in [0.717, 1.165) is 28.9 Å². The van der Waals surface area contributed by atoms with E-state index in [-0.39, 0.29) is 12.3 Å². The first-order valence-electron chi connectivity index (χ1n) is 9.33. The van der Waals surface area contributed by atoms with Crippen molar-refractivity contribution in [1.29, 1.82) is 0 Å². The lowest BCUT2D eigenvalue weighted by atomic mass is 9.98. The summed E-state index contributed by atoms with van der Waals surface area (Å²) >= 11 is 0. The first-order valence-corrected chi connectivity index (χ1v) is 9.33. The minimum absolute atomic E-state index is 0.198. The van der Waals surface area contributed by atoms with Gasteiger partial charge in [-0.2, -0.15) is 0 Å². The summed E-state index contributed by atoms with van der Waals surface area (Å²) in [5.41, 5.74) is 1.82. The fraction of sp³-hybridized carbons (Fsp3) is 0.364. The molecular weight excluding hydrogens is 358 g/mol. The Hall–Kier alpha value is -2.86. The maximum atomic E-state index is 12.5. The highest BCUT2D eigenvalue weighted by molar-refractivity contribution is 5.89. The minimum Gasteiger partial charge on any atom is -0.496 e. The average Bonchev–Trinajstić information content (AvgIpc) is 3.16. The van der Waals surface area contributed by atoms with Crippen molar-refractivity contribution in [2.24, 2.45) is 0 Å². The first-order chi connectivity index (χ1) is 13.4. The number of methoxy groups -OCH3 is 1. The van der Waals surface area contributed by atoms with Crippen LogP contribution in [0.2, 0.25) is 0 Å². The molecule has 1 aliphatic heterocycles. The summed E-state index contributed by atoms with van der Waals surface area (Å²) in [6, 6.07) is 14.3. The fourth-order valence-electron chi connectivity index (χ4n) is 3.41. The third-order valence-corrected chi connectivity index (χ3v) is 5.11. The number of carbonyl (C=O) groups is 2. The number of nitrogens with one attached hydrogen (secondary N) is 1. The summed E-state index contributed by atoms with van der Waals surface area (Å²) in [7, 11) is 1.63. The molecule has 1 fully saturated rings. The number of benzene rings is 2. The molecule has 0 unspecified atom stereocenters. The number of carboxylic acid groups (broad SMARTS) is 1. The van der Waals surface area contributed by atoms with Crippen molar-refractivity contribution in [3.8, 4) is 16.9 Å². The van der Waals surface area contributed by atoms with E-state index >= 15 is 0 Å². The summed E-state index contributed by atoms with van der Waals surface area (Å²) in [4.78, 5) is 24.1. The topological polar surface area (TPSA) is 84.9 Å². The van der Waals surface area contributed by atoms with Crippen LogP contribution in [0.15, 0.2) is 48.5 Å². The molecule has 0 bridgehead atoms. The molecule has 6 nitrogen and oxygen atoms in total. The smallest absolute Gasteiger partial charge is 0.326 e. The van der Waals surface area contributed by atoms with Crippen molar-refractivity contribution in [3.05, 3.63) is 54.1 Å². The highest BCUT2D eigenvalue weighted by Gasteiger charge is 2.39. The molecule has 2 aromatic rings. The van der Waals surface area contributed by atoms with Crippen molar-refractivity contribution < 1.29 is 24.2 Å². The molecule has 1 amide bonds. The fourth-order valence-corrected chi connectivity index (χ4v) is 3.41. The molecule has 0 spiro atoms.